The van der Waals surface area contributed by atoms with Crippen molar-refractivity contribution in [2.45, 2.75) is 6.92 Å². The summed E-state index contributed by atoms with van der Waals surface area (Å²) in [5, 5.41) is 11.1. The van der Waals surface area contributed by atoms with Gasteiger partial charge in [0.2, 0.25) is 0 Å². The minimum absolute atomic E-state index is 0.0219. The molecular formula is C13H11N3O2. The largest absolute Gasteiger partial charge is 0.278 e. The predicted octanol–water partition coefficient (Wildman–Crippen LogP) is 2.56. The highest BCUT2D eigenvalue weighted by Gasteiger charge is 2.13. The van der Waals surface area contributed by atoms with Crippen molar-refractivity contribution in [2.75, 3.05) is 0 Å². The van der Waals surface area contributed by atoms with E-state index in [2.05, 4.69) is 9.97 Å². The maximum absolute atomic E-state index is 11.1. The Labute approximate surface area is 104 Å². The lowest BCUT2D eigenvalue weighted by Gasteiger charge is -1.99. The van der Waals surface area contributed by atoms with Crippen molar-refractivity contribution in [3.05, 3.63) is 69.8 Å². The molecule has 2 aromatic rings. The van der Waals surface area contributed by atoms with Gasteiger partial charge in [0.05, 0.1) is 16.2 Å². The molecule has 90 valence electrons. The van der Waals surface area contributed by atoms with Crippen molar-refractivity contribution >= 4 is 11.8 Å². The minimum Gasteiger partial charge on any atom is -0.258 e. The maximum atomic E-state index is 11.1. The average molecular weight is 241 g/mol. The summed E-state index contributed by atoms with van der Waals surface area (Å²) in [5.41, 5.74) is 1.10. The number of hydrogen-bond acceptors (Lipinski definition) is 4. The third-order valence-electron chi connectivity index (χ3n) is 2.35. The first-order valence-corrected chi connectivity index (χ1v) is 5.38. The van der Waals surface area contributed by atoms with Crippen LogP contribution in [0.4, 0.5) is 0 Å². The normalized spacial score (nSPS) is 11.3. The molecule has 1 heterocycles. The van der Waals surface area contributed by atoms with Crippen LogP contribution in [0.25, 0.3) is 11.8 Å². The van der Waals surface area contributed by atoms with Gasteiger partial charge in [0.1, 0.15) is 5.82 Å². The molecule has 0 N–H and O–H groups in total. The molecule has 0 amide bonds. The predicted molar refractivity (Wildman–Crippen MR) is 68.1 cm³/mol. The van der Waals surface area contributed by atoms with Crippen LogP contribution in [-0.2, 0) is 0 Å². The quantitative estimate of drug-likeness (QED) is 0.611. The van der Waals surface area contributed by atoms with E-state index in [4.69, 9.17) is 0 Å². The Morgan fingerprint density at radius 3 is 2.61 bits per heavy atom. The summed E-state index contributed by atoms with van der Waals surface area (Å²) < 4.78 is 0. The van der Waals surface area contributed by atoms with Crippen LogP contribution in [0.1, 0.15) is 17.1 Å². The minimum atomic E-state index is -0.410. The molecule has 5 nitrogen and oxygen atoms in total. The van der Waals surface area contributed by atoms with Gasteiger partial charge in [0.25, 0.3) is 5.70 Å². The molecule has 1 aromatic heterocycles. The van der Waals surface area contributed by atoms with Gasteiger partial charge >= 0.3 is 0 Å². The molecule has 0 saturated heterocycles. The topological polar surface area (TPSA) is 68.9 Å². The Hall–Kier alpha value is -2.56. The number of nitro groups is 1. The summed E-state index contributed by atoms with van der Waals surface area (Å²) in [6.07, 6.45) is 3.03. The van der Waals surface area contributed by atoms with Crippen LogP contribution in [0.5, 0.6) is 0 Å². The second-order valence-corrected chi connectivity index (χ2v) is 3.68. The second kappa shape index (κ2) is 5.18. The lowest BCUT2D eigenvalue weighted by molar-refractivity contribution is -0.374. The summed E-state index contributed by atoms with van der Waals surface area (Å²) in [4.78, 5) is 18.8. The number of rotatable bonds is 3. The molecule has 0 aliphatic carbocycles. The van der Waals surface area contributed by atoms with Crippen LogP contribution >= 0.6 is 0 Å². The fourth-order valence-electron chi connectivity index (χ4n) is 1.55. The molecule has 0 aliphatic rings. The van der Waals surface area contributed by atoms with E-state index >= 15 is 0 Å². The van der Waals surface area contributed by atoms with Crippen LogP contribution in [-0.4, -0.2) is 14.9 Å². The van der Waals surface area contributed by atoms with Crippen LogP contribution in [0.3, 0.4) is 0 Å². The third kappa shape index (κ3) is 2.76. The number of hydrogen-bond donors (Lipinski definition) is 0. The zero-order valence-electron chi connectivity index (χ0n) is 9.78. The monoisotopic (exact) mass is 241 g/mol. The Balaban J connectivity index is 2.46. The summed E-state index contributed by atoms with van der Waals surface area (Å²) in [5.74, 6) is 0.583. The maximum Gasteiger partial charge on any atom is 0.278 e. The molecule has 0 atom stereocenters. The Kier molecular flexibility index (Phi) is 3.43. The lowest BCUT2D eigenvalue weighted by atomic mass is 10.1. The molecule has 0 fully saturated rings. The van der Waals surface area contributed by atoms with Gasteiger partial charge in [-0.1, -0.05) is 18.2 Å². The fourth-order valence-corrected chi connectivity index (χ4v) is 1.55. The standard InChI is InChI=1S/C13H11N3O2/c1-10-14-8-7-12(15-10)9-13(16(17)18)11-5-3-2-4-6-11/h2-9H,1H3/b13-9+. The third-order valence-corrected chi connectivity index (χ3v) is 2.35. The number of benzene rings is 1. The van der Waals surface area contributed by atoms with E-state index in [0.717, 1.165) is 0 Å². The number of nitrogens with zero attached hydrogens (tertiary/aromatic N) is 3. The van der Waals surface area contributed by atoms with E-state index in [1.165, 1.54) is 6.08 Å². The van der Waals surface area contributed by atoms with Crippen molar-refractivity contribution < 1.29 is 4.92 Å². The van der Waals surface area contributed by atoms with Crippen LogP contribution < -0.4 is 0 Å². The van der Waals surface area contributed by atoms with Crippen LogP contribution in [0.2, 0.25) is 0 Å². The van der Waals surface area contributed by atoms with E-state index in [9.17, 15) is 10.1 Å². The summed E-state index contributed by atoms with van der Waals surface area (Å²) in [7, 11) is 0. The smallest absolute Gasteiger partial charge is 0.258 e. The molecule has 2 rings (SSSR count). The van der Waals surface area contributed by atoms with E-state index in [1.807, 2.05) is 6.07 Å². The Morgan fingerprint density at radius 2 is 2.00 bits per heavy atom. The number of aromatic nitrogens is 2. The molecule has 5 heteroatoms. The summed E-state index contributed by atoms with van der Waals surface area (Å²) in [6, 6.07) is 10.4. The molecule has 1 aromatic carbocycles. The molecule has 0 aliphatic heterocycles. The van der Waals surface area contributed by atoms with Gasteiger partial charge in [0, 0.05) is 12.3 Å². The van der Waals surface area contributed by atoms with Gasteiger partial charge in [-0.05, 0) is 25.1 Å². The van der Waals surface area contributed by atoms with Crippen molar-refractivity contribution in [3.8, 4) is 0 Å². The number of aryl methyl sites for hydroxylation is 1. The molecule has 0 saturated carbocycles. The molecule has 0 radical (unpaired) electrons. The van der Waals surface area contributed by atoms with Gasteiger partial charge in [-0.25, -0.2) is 9.97 Å². The van der Waals surface area contributed by atoms with E-state index in [-0.39, 0.29) is 5.70 Å². The van der Waals surface area contributed by atoms with Crippen molar-refractivity contribution in [1.29, 1.82) is 0 Å². The first kappa shape index (κ1) is 11.9. The zero-order valence-corrected chi connectivity index (χ0v) is 9.78. The highest BCUT2D eigenvalue weighted by molar-refractivity contribution is 5.75. The molecule has 0 unspecified atom stereocenters. The van der Waals surface area contributed by atoms with Crippen molar-refractivity contribution in [1.82, 2.24) is 9.97 Å². The van der Waals surface area contributed by atoms with Gasteiger partial charge < -0.3 is 0 Å². The van der Waals surface area contributed by atoms with Crippen LogP contribution in [0.15, 0.2) is 42.6 Å². The van der Waals surface area contributed by atoms with Gasteiger partial charge in [-0.15, -0.1) is 0 Å². The highest BCUT2D eigenvalue weighted by Crippen LogP contribution is 2.17. The first-order valence-electron chi connectivity index (χ1n) is 5.38. The van der Waals surface area contributed by atoms with Gasteiger partial charge in [-0.3, -0.25) is 10.1 Å². The average Bonchev–Trinajstić information content (AvgIpc) is 2.37. The van der Waals surface area contributed by atoms with E-state index in [0.29, 0.717) is 17.1 Å². The van der Waals surface area contributed by atoms with Gasteiger partial charge in [0.15, 0.2) is 0 Å². The summed E-state index contributed by atoms with van der Waals surface area (Å²) >= 11 is 0. The molecular weight excluding hydrogens is 230 g/mol. The Morgan fingerprint density at radius 1 is 1.28 bits per heavy atom. The first-order chi connectivity index (χ1) is 8.66. The molecule has 0 spiro atoms. The SMILES string of the molecule is Cc1nccc(/C=C(\c2ccccc2)[N+](=O)[O-])n1. The van der Waals surface area contributed by atoms with Crippen molar-refractivity contribution in [2.24, 2.45) is 0 Å². The zero-order chi connectivity index (χ0) is 13.0. The lowest BCUT2D eigenvalue weighted by Crippen LogP contribution is -1.98. The molecule has 18 heavy (non-hydrogen) atoms. The Bertz CT molecular complexity index is 594. The van der Waals surface area contributed by atoms with E-state index < -0.39 is 4.92 Å². The highest BCUT2D eigenvalue weighted by atomic mass is 16.6. The summed E-state index contributed by atoms with van der Waals surface area (Å²) in [6.45, 7) is 1.74. The fraction of sp³-hybridized carbons (Fsp3) is 0.0769. The van der Waals surface area contributed by atoms with Crippen LogP contribution in [0, 0.1) is 17.0 Å². The van der Waals surface area contributed by atoms with Gasteiger partial charge in [-0.2, -0.15) is 0 Å². The van der Waals surface area contributed by atoms with E-state index in [1.54, 1.807) is 43.5 Å². The second-order valence-electron chi connectivity index (χ2n) is 3.68. The molecule has 0 bridgehead atoms. The van der Waals surface area contributed by atoms with Crippen molar-refractivity contribution in [3.63, 3.8) is 0 Å².